The van der Waals surface area contributed by atoms with Crippen molar-refractivity contribution in [2.45, 2.75) is 32.7 Å². The first-order chi connectivity index (χ1) is 13.1. The third-order valence-electron chi connectivity index (χ3n) is 4.91. The van der Waals surface area contributed by atoms with Crippen molar-refractivity contribution in [1.82, 2.24) is 19.7 Å². The van der Waals surface area contributed by atoms with Gasteiger partial charge >= 0.3 is 0 Å². The summed E-state index contributed by atoms with van der Waals surface area (Å²) < 4.78 is 7.43. The molecule has 0 spiro atoms. The highest BCUT2D eigenvalue weighted by atomic mass is 16.5. The Hall–Kier alpha value is -2.73. The molecule has 140 valence electrons. The zero-order chi connectivity index (χ0) is 18.8. The van der Waals surface area contributed by atoms with E-state index in [0.717, 1.165) is 54.8 Å². The molecule has 0 aliphatic carbocycles. The van der Waals surface area contributed by atoms with E-state index in [1.807, 2.05) is 17.8 Å². The summed E-state index contributed by atoms with van der Waals surface area (Å²) in [5.74, 6) is 2.12. The number of hydrogen-bond acceptors (Lipinski definition) is 5. The smallest absolute Gasteiger partial charge is 0.132 e. The second kappa shape index (κ2) is 7.48. The van der Waals surface area contributed by atoms with E-state index >= 15 is 0 Å². The van der Waals surface area contributed by atoms with Crippen molar-refractivity contribution in [3.05, 3.63) is 65.4 Å². The van der Waals surface area contributed by atoms with Gasteiger partial charge in [-0.3, -0.25) is 0 Å². The minimum absolute atomic E-state index is 0.378. The quantitative estimate of drug-likeness (QED) is 0.695. The third-order valence-corrected chi connectivity index (χ3v) is 4.91. The molecule has 1 saturated heterocycles. The lowest BCUT2D eigenvalue weighted by Crippen LogP contribution is -2.19. The highest BCUT2D eigenvalue weighted by Gasteiger charge is 2.21. The summed E-state index contributed by atoms with van der Waals surface area (Å²) in [7, 11) is 2.06. The Morgan fingerprint density at radius 1 is 1.22 bits per heavy atom. The maximum Gasteiger partial charge on any atom is 0.132 e. The molecule has 0 bridgehead atoms. The van der Waals surface area contributed by atoms with Crippen molar-refractivity contribution in [2.75, 3.05) is 25.2 Å². The highest BCUT2D eigenvalue weighted by Crippen LogP contribution is 2.26. The van der Waals surface area contributed by atoms with Crippen LogP contribution in [0.15, 0.2) is 42.7 Å². The van der Waals surface area contributed by atoms with Gasteiger partial charge < -0.3 is 9.64 Å². The fourth-order valence-electron chi connectivity index (χ4n) is 3.46. The molecule has 3 aromatic rings. The van der Waals surface area contributed by atoms with Crippen molar-refractivity contribution < 1.29 is 4.74 Å². The van der Waals surface area contributed by atoms with E-state index in [2.05, 4.69) is 70.5 Å². The van der Waals surface area contributed by atoms with Crippen LogP contribution in [0.3, 0.4) is 0 Å². The molecule has 1 fully saturated rings. The number of aryl methyl sites for hydroxylation is 2. The minimum Gasteiger partial charge on any atom is -0.381 e. The SMILES string of the molecule is Cc1cccc(-n2cc(CN(C)c3cc([C@H]4CCOC4)nc(C)n3)cn2)c1. The molecular formula is C21H25N5O. The van der Waals surface area contributed by atoms with Crippen molar-refractivity contribution in [3.63, 3.8) is 0 Å². The van der Waals surface area contributed by atoms with E-state index in [1.54, 1.807) is 0 Å². The molecule has 27 heavy (non-hydrogen) atoms. The maximum atomic E-state index is 5.52. The molecule has 4 rings (SSSR count). The van der Waals surface area contributed by atoms with E-state index in [0.29, 0.717) is 5.92 Å². The van der Waals surface area contributed by atoms with Gasteiger partial charge in [-0.1, -0.05) is 12.1 Å². The summed E-state index contributed by atoms with van der Waals surface area (Å²) in [5.41, 5.74) is 4.52. The van der Waals surface area contributed by atoms with Gasteiger partial charge in [0.25, 0.3) is 0 Å². The van der Waals surface area contributed by atoms with Crippen molar-refractivity contribution in [3.8, 4) is 5.69 Å². The van der Waals surface area contributed by atoms with Gasteiger partial charge in [-0.05, 0) is 38.0 Å². The molecule has 6 nitrogen and oxygen atoms in total. The zero-order valence-corrected chi connectivity index (χ0v) is 16.1. The van der Waals surface area contributed by atoms with Gasteiger partial charge in [0.05, 0.1) is 24.2 Å². The van der Waals surface area contributed by atoms with E-state index < -0.39 is 0 Å². The summed E-state index contributed by atoms with van der Waals surface area (Å²) in [6, 6.07) is 10.4. The van der Waals surface area contributed by atoms with E-state index in [4.69, 9.17) is 4.74 Å². The van der Waals surface area contributed by atoms with Crippen LogP contribution < -0.4 is 4.90 Å². The zero-order valence-electron chi connectivity index (χ0n) is 16.1. The fourth-order valence-corrected chi connectivity index (χ4v) is 3.46. The van der Waals surface area contributed by atoms with Crippen LogP contribution in [0.2, 0.25) is 0 Å². The molecular weight excluding hydrogens is 338 g/mol. The fraction of sp³-hybridized carbons (Fsp3) is 0.381. The molecule has 1 aliphatic rings. The average molecular weight is 363 g/mol. The van der Waals surface area contributed by atoms with Crippen LogP contribution >= 0.6 is 0 Å². The van der Waals surface area contributed by atoms with Crippen LogP contribution in [-0.2, 0) is 11.3 Å². The number of hydrogen-bond donors (Lipinski definition) is 0. The van der Waals surface area contributed by atoms with E-state index in [1.165, 1.54) is 5.56 Å². The highest BCUT2D eigenvalue weighted by molar-refractivity contribution is 5.41. The Bertz CT molecular complexity index is 930. The van der Waals surface area contributed by atoms with Crippen LogP contribution in [0.25, 0.3) is 5.69 Å². The minimum atomic E-state index is 0.378. The first kappa shape index (κ1) is 17.7. The summed E-state index contributed by atoms with van der Waals surface area (Å²) in [4.78, 5) is 11.4. The first-order valence-electron chi connectivity index (χ1n) is 9.33. The largest absolute Gasteiger partial charge is 0.381 e. The Morgan fingerprint density at radius 2 is 2.11 bits per heavy atom. The molecule has 1 atom stereocenters. The van der Waals surface area contributed by atoms with E-state index in [9.17, 15) is 0 Å². The second-order valence-electron chi connectivity index (χ2n) is 7.25. The number of nitrogens with zero attached hydrogens (tertiary/aromatic N) is 5. The Labute approximate surface area is 159 Å². The summed E-state index contributed by atoms with van der Waals surface area (Å²) in [6.07, 6.45) is 5.02. The molecule has 1 aliphatic heterocycles. The molecule has 0 unspecified atom stereocenters. The standard InChI is InChI=1S/C21H25N5O/c1-15-5-4-6-19(9-15)26-13-17(11-22-26)12-25(3)21-10-20(23-16(2)24-21)18-7-8-27-14-18/h4-6,9-11,13,18H,7-8,12,14H2,1-3H3/t18-/m0/s1. The van der Waals surface area contributed by atoms with Crippen molar-refractivity contribution >= 4 is 5.82 Å². The Kier molecular flexibility index (Phi) is 4.90. The van der Waals surface area contributed by atoms with Crippen LogP contribution in [0.4, 0.5) is 5.82 Å². The Morgan fingerprint density at radius 3 is 2.89 bits per heavy atom. The Balaban J connectivity index is 1.52. The monoisotopic (exact) mass is 363 g/mol. The molecule has 0 saturated carbocycles. The van der Waals surface area contributed by atoms with Gasteiger partial charge in [-0.15, -0.1) is 0 Å². The molecule has 0 N–H and O–H groups in total. The number of aromatic nitrogens is 4. The number of benzene rings is 1. The van der Waals surface area contributed by atoms with E-state index in [-0.39, 0.29) is 0 Å². The predicted molar refractivity (Wildman–Crippen MR) is 105 cm³/mol. The summed E-state index contributed by atoms with van der Waals surface area (Å²) in [5, 5.41) is 4.51. The number of ether oxygens (including phenoxy) is 1. The number of anilines is 1. The average Bonchev–Trinajstić information content (AvgIpc) is 3.33. The van der Waals surface area contributed by atoms with Gasteiger partial charge in [0, 0.05) is 43.9 Å². The van der Waals surface area contributed by atoms with Gasteiger partial charge in [-0.25, -0.2) is 14.6 Å². The van der Waals surface area contributed by atoms with Crippen LogP contribution in [-0.4, -0.2) is 40.0 Å². The van der Waals surface area contributed by atoms with Gasteiger partial charge in [0.15, 0.2) is 0 Å². The van der Waals surface area contributed by atoms with Gasteiger partial charge in [0.2, 0.25) is 0 Å². The van der Waals surface area contributed by atoms with Crippen molar-refractivity contribution in [1.29, 1.82) is 0 Å². The third kappa shape index (κ3) is 4.01. The topological polar surface area (TPSA) is 56.1 Å². The lowest BCUT2D eigenvalue weighted by atomic mass is 10.0. The van der Waals surface area contributed by atoms with Crippen molar-refractivity contribution in [2.24, 2.45) is 0 Å². The predicted octanol–water partition coefficient (Wildman–Crippen LogP) is 3.42. The number of rotatable bonds is 5. The van der Waals surface area contributed by atoms with Crippen LogP contribution in [0, 0.1) is 13.8 Å². The summed E-state index contributed by atoms with van der Waals surface area (Å²) >= 11 is 0. The lowest BCUT2D eigenvalue weighted by Gasteiger charge is -2.19. The van der Waals surface area contributed by atoms with Crippen LogP contribution in [0.1, 0.15) is 35.0 Å². The molecule has 0 radical (unpaired) electrons. The molecule has 2 aromatic heterocycles. The lowest BCUT2D eigenvalue weighted by molar-refractivity contribution is 0.193. The van der Waals surface area contributed by atoms with Gasteiger partial charge in [0.1, 0.15) is 11.6 Å². The van der Waals surface area contributed by atoms with Crippen LogP contribution in [0.5, 0.6) is 0 Å². The molecule has 0 amide bonds. The molecule has 1 aromatic carbocycles. The maximum absolute atomic E-state index is 5.52. The normalized spacial score (nSPS) is 16.6. The first-order valence-corrected chi connectivity index (χ1v) is 9.33. The summed E-state index contributed by atoms with van der Waals surface area (Å²) in [6.45, 7) is 6.35. The second-order valence-corrected chi connectivity index (χ2v) is 7.25. The van der Waals surface area contributed by atoms with Gasteiger partial charge in [-0.2, -0.15) is 5.10 Å². The molecule has 6 heteroatoms. The molecule has 3 heterocycles.